The lowest BCUT2D eigenvalue weighted by Crippen LogP contribution is -1.92. The molecule has 0 amide bonds. The number of para-hydroxylation sites is 1. The number of aromatic nitrogens is 3. The van der Waals surface area contributed by atoms with Crippen molar-refractivity contribution in [3.63, 3.8) is 0 Å². The number of Topliss-reactive ketones (excluding diaryl/α,β-unsaturated/α-hetero) is 1. The molecule has 0 saturated heterocycles. The van der Waals surface area contributed by atoms with Crippen molar-refractivity contribution in [2.24, 2.45) is 0 Å². The molecule has 0 aliphatic carbocycles. The number of hydrogen-bond acceptors (Lipinski definition) is 4. The molecular formula is C26H19N3O2. The first kappa shape index (κ1) is 18.8. The maximum Gasteiger partial charge on any atom is 0.219 e. The Kier molecular flexibility index (Phi) is 4.77. The molecule has 150 valence electrons. The molecule has 0 aliphatic heterocycles. The molecule has 2 aromatic heterocycles. The van der Waals surface area contributed by atoms with Gasteiger partial charge in [0.25, 0.3) is 0 Å². The Morgan fingerprint density at radius 3 is 2.19 bits per heavy atom. The summed E-state index contributed by atoms with van der Waals surface area (Å²) in [7, 11) is 0. The molecule has 2 heterocycles. The second-order valence-corrected chi connectivity index (χ2v) is 7.22. The molecule has 5 nitrogen and oxygen atoms in total. The first-order chi connectivity index (χ1) is 15.2. The van der Waals surface area contributed by atoms with Crippen molar-refractivity contribution in [1.82, 2.24) is 15.0 Å². The van der Waals surface area contributed by atoms with Crippen LogP contribution in [-0.2, 0) is 0 Å². The fourth-order valence-electron chi connectivity index (χ4n) is 3.52. The molecule has 0 aliphatic rings. The molecule has 31 heavy (non-hydrogen) atoms. The SMILES string of the molecule is CC(=O)c1cccc2[nH]c(-c3ccc(-c4ccc(Oc5ccccn5)cc4)cc3)nc12. The van der Waals surface area contributed by atoms with Gasteiger partial charge in [0, 0.05) is 23.4 Å². The largest absolute Gasteiger partial charge is 0.439 e. The van der Waals surface area contributed by atoms with E-state index in [0.717, 1.165) is 33.8 Å². The third-order valence-corrected chi connectivity index (χ3v) is 5.10. The second kappa shape index (κ2) is 7.88. The van der Waals surface area contributed by atoms with E-state index in [0.29, 0.717) is 17.0 Å². The number of nitrogens with one attached hydrogen (secondary N) is 1. The van der Waals surface area contributed by atoms with Gasteiger partial charge in [0.1, 0.15) is 11.6 Å². The molecule has 0 fully saturated rings. The van der Waals surface area contributed by atoms with Gasteiger partial charge in [-0.25, -0.2) is 9.97 Å². The molecule has 1 N–H and O–H groups in total. The highest BCUT2D eigenvalue weighted by Gasteiger charge is 2.11. The van der Waals surface area contributed by atoms with Gasteiger partial charge in [-0.3, -0.25) is 4.79 Å². The van der Waals surface area contributed by atoms with Gasteiger partial charge in [-0.15, -0.1) is 0 Å². The quantitative estimate of drug-likeness (QED) is 0.349. The fourth-order valence-corrected chi connectivity index (χ4v) is 3.52. The number of rotatable bonds is 5. The van der Waals surface area contributed by atoms with Crippen molar-refractivity contribution in [2.75, 3.05) is 0 Å². The van der Waals surface area contributed by atoms with E-state index in [1.165, 1.54) is 0 Å². The number of ether oxygens (including phenoxy) is 1. The number of aromatic amines is 1. The van der Waals surface area contributed by atoms with Crippen LogP contribution in [0.5, 0.6) is 11.6 Å². The summed E-state index contributed by atoms with van der Waals surface area (Å²) < 4.78 is 5.75. The van der Waals surface area contributed by atoms with E-state index >= 15 is 0 Å². The number of pyridine rings is 1. The minimum atomic E-state index is 0.00877. The third-order valence-electron chi connectivity index (χ3n) is 5.10. The van der Waals surface area contributed by atoms with E-state index in [1.54, 1.807) is 19.2 Å². The van der Waals surface area contributed by atoms with Crippen LogP contribution in [0.15, 0.2) is 91.1 Å². The minimum absolute atomic E-state index is 0.00877. The highest BCUT2D eigenvalue weighted by Crippen LogP contribution is 2.28. The molecule has 5 aromatic rings. The predicted molar refractivity (Wildman–Crippen MR) is 121 cm³/mol. The number of H-pyrrole nitrogens is 1. The first-order valence-corrected chi connectivity index (χ1v) is 9.97. The lowest BCUT2D eigenvalue weighted by atomic mass is 10.0. The Hall–Kier alpha value is -4.25. The van der Waals surface area contributed by atoms with Crippen LogP contribution in [0.4, 0.5) is 0 Å². The highest BCUT2D eigenvalue weighted by molar-refractivity contribution is 6.05. The fraction of sp³-hybridized carbons (Fsp3) is 0.0385. The number of hydrogen-bond donors (Lipinski definition) is 1. The van der Waals surface area contributed by atoms with Crippen LogP contribution in [0.25, 0.3) is 33.5 Å². The Balaban J connectivity index is 1.38. The van der Waals surface area contributed by atoms with Crippen LogP contribution in [0, 0.1) is 0 Å². The van der Waals surface area contributed by atoms with Crippen LogP contribution in [-0.4, -0.2) is 20.7 Å². The zero-order valence-corrected chi connectivity index (χ0v) is 16.9. The summed E-state index contributed by atoms with van der Waals surface area (Å²) in [6.07, 6.45) is 1.70. The summed E-state index contributed by atoms with van der Waals surface area (Å²) in [4.78, 5) is 24.0. The van der Waals surface area contributed by atoms with Crippen molar-refractivity contribution in [1.29, 1.82) is 0 Å². The number of nitrogens with zero attached hydrogens (tertiary/aromatic N) is 2. The highest BCUT2D eigenvalue weighted by atomic mass is 16.5. The van der Waals surface area contributed by atoms with Gasteiger partial charge in [-0.2, -0.15) is 0 Å². The summed E-state index contributed by atoms with van der Waals surface area (Å²) in [5.41, 5.74) is 5.33. The van der Waals surface area contributed by atoms with Gasteiger partial charge < -0.3 is 9.72 Å². The molecule has 5 heteroatoms. The van der Waals surface area contributed by atoms with E-state index in [4.69, 9.17) is 4.74 Å². The van der Waals surface area contributed by atoms with Gasteiger partial charge in [-0.1, -0.05) is 48.5 Å². The van der Waals surface area contributed by atoms with Gasteiger partial charge in [0.15, 0.2) is 5.78 Å². The van der Waals surface area contributed by atoms with E-state index in [1.807, 2.05) is 66.7 Å². The molecule has 0 radical (unpaired) electrons. The molecule has 0 atom stereocenters. The number of carbonyl (C=O) groups excluding carboxylic acids is 1. The number of fused-ring (bicyclic) bond motifs is 1. The average molecular weight is 405 g/mol. The normalized spacial score (nSPS) is 10.9. The lowest BCUT2D eigenvalue weighted by Gasteiger charge is -2.07. The number of benzene rings is 3. The molecule has 0 bridgehead atoms. The topological polar surface area (TPSA) is 67.9 Å². The van der Waals surface area contributed by atoms with Crippen LogP contribution in [0.3, 0.4) is 0 Å². The van der Waals surface area contributed by atoms with Gasteiger partial charge in [0.05, 0.1) is 11.0 Å². The Bertz CT molecular complexity index is 1360. The Morgan fingerprint density at radius 2 is 1.52 bits per heavy atom. The molecular weight excluding hydrogens is 386 g/mol. The van der Waals surface area contributed by atoms with E-state index in [2.05, 4.69) is 27.1 Å². The smallest absolute Gasteiger partial charge is 0.219 e. The number of imidazole rings is 1. The molecule has 0 spiro atoms. The van der Waals surface area contributed by atoms with Crippen molar-refractivity contribution in [3.05, 3.63) is 96.7 Å². The maximum atomic E-state index is 11.9. The summed E-state index contributed by atoms with van der Waals surface area (Å²) in [6.45, 7) is 1.56. The van der Waals surface area contributed by atoms with Crippen molar-refractivity contribution < 1.29 is 9.53 Å². The van der Waals surface area contributed by atoms with E-state index < -0.39 is 0 Å². The molecule has 0 saturated carbocycles. The maximum absolute atomic E-state index is 11.9. The van der Waals surface area contributed by atoms with Gasteiger partial charge in [0.2, 0.25) is 5.88 Å². The van der Waals surface area contributed by atoms with Crippen LogP contribution < -0.4 is 4.74 Å². The third kappa shape index (κ3) is 3.81. The first-order valence-electron chi connectivity index (χ1n) is 9.97. The van der Waals surface area contributed by atoms with Crippen molar-refractivity contribution in [3.8, 4) is 34.1 Å². The summed E-state index contributed by atoms with van der Waals surface area (Å²) in [5.74, 6) is 2.06. The second-order valence-electron chi connectivity index (χ2n) is 7.22. The standard InChI is InChI=1S/C26H19N3O2/c1-17(30)22-5-4-6-23-25(22)29-26(28-23)20-10-8-18(9-11-20)19-12-14-21(15-13-19)31-24-7-2-3-16-27-24/h2-16H,1H3,(H,28,29). The van der Waals surface area contributed by atoms with Gasteiger partial charge in [-0.05, 0) is 48.4 Å². The summed E-state index contributed by atoms with van der Waals surface area (Å²) in [6, 6.07) is 27.2. The molecule has 5 rings (SSSR count). The van der Waals surface area contributed by atoms with Crippen molar-refractivity contribution >= 4 is 16.8 Å². The number of carbonyl (C=O) groups is 1. The lowest BCUT2D eigenvalue weighted by molar-refractivity contribution is 0.101. The Labute approximate surface area is 179 Å². The summed E-state index contributed by atoms with van der Waals surface area (Å²) in [5, 5.41) is 0. The van der Waals surface area contributed by atoms with Crippen LogP contribution >= 0.6 is 0 Å². The van der Waals surface area contributed by atoms with E-state index in [9.17, 15) is 4.79 Å². The van der Waals surface area contributed by atoms with Crippen molar-refractivity contribution in [2.45, 2.75) is 6.92 Å². The van der Waals surface area contributed by atoms with Crippen LogP contribution in [0.2, 0.25) is 0 Å². The monoisotopic (exact) mass is 405 g/mol. The zero-order chi connectivity index (χ0) is 21.2. The van der Waals surface area contributed by atoms with E-state index in [-0.39, 0.29) is 5.78 Å². The average Bonchev–Trinajstić information content (AvgIpc) is 3.25. The predicted octanol–water partition coefficient (Wildman–Crippen LogP) is 6.29. The Morgan fingerprint density at radius 1 is 0.806 bits per heavy atom. The van der Waals surface area contributed by atoms with Crippen LogP contribution in [0.1, 0.15) is 17.3 Å². The molecule has 0 unspecified atom stereocenters. The minimum Gasteiger partial charge on any atom is -0.439 e. The van der Waals surface area contributed by atoms with Gasteiger partial charge >= 0.3 is 0 Å². The zero-order valence-electron chi connectivity index (χ0n) is 16.9. The summed E-state index contributed by atoms with van der Waals surface area (Å²) >= 11 is 0. The molecule has 3 aromatic carbocycles. The number of ketones is 1.